The number of benzene rings is 1. The van der Waals surface area contributed by atoms with Gasteiger partial charge in [0.25, 0.3) is 5.56 Å². The predicted molar refractivity (Wildman–Crippen MR) is 124 cm³/mol. The Morgan fingerprint density at radius 2 is 2.14 bits per heavy atom. The lowest BCUT2D eigenvalue weighted by Crippen LogP contribution is -2.36. The van der Waals surface area contributed by atoms with E-state index in [2.05, 4.69) is 6.58 Å². The molecule has 0 atom stereocenters. The van der Waals surface area contributed by atoms with Crippen LogP contribution in [0.5, 0.6) is 0 Å². The van der Waals surface area contributed by atoms with Gasteiger partial charge in [0, 0.05) is 28.6 Å². The molecule has 5 nitrogen and oxygen atoms in total. The van der Waals surface area contributed by atoms with E-state index in [4.69, 9.17) is 4.98 Å². The van der Waals surface area contributed by atoms with Gasteiger partial charge in [-0.1, -0.05) is 30.0 Å². The van der Waals surface area contributed by atoms with Gasteiger partial charge in [0.15, 0.2) is 5.16 Å². The van der Waals surface area contributed by atoms with Crippen LogP contribution in [0.25, 0.3) is 10.2 Å². The van der Waals surface area contributed by atoms with Crippen molar-refractivity contribution >= 4 is 56.7 Å². The van der Waals surface area contributed by atoms with E-state index < -0.39 is 0 Å². The zero-order chi connectivity index (χ0) is 20.5. The highest BCUT2D eigenvalue weighted by atomic mass is 32.2. The monoisotopic (exact) mass is 443 g/mol. The zero-order valence-electron chi connectivity index (χ0n) is 16.3. The molecule has 150 valence electrons. The van der Waals surface area contributed by atoms with Crippen molar-refractivity contribution < 1.29 is 4.79 Å². The van der Waals surface area contributed by atoms with E-state index in [1.165, 1.54) is 23.1 Å². The average Bonchev–Trinajstić information content (AvgIpc) is 3.02. The first-order chi connectivity index (χ1) is 14.0. The van der Waals surface area contributed by atoms with Crippen LogP contribution in [0.3, 0.4) is 0 Å². The molecule has 0 aliphatic carbocycles. The van der Waals surface area contributed by atoms with Crippen molar-refractivity contribution in [2.75, 3.05) is 23.0 Å². The van der Waals surface area contributed by atoms with E-state index in [-0.39, 0.29) is 17.2 Å². The van der Waals surface area contributed by atoms with Gasteiger partial charge in [0.2, 0.25) is 5.91 Å². The Bertz CT molecular complexity index is 1170. The van der Waals surface area contributed by atoms with E-state index >= 15 is 0 Å². The number of fused-ring (bicyclic) bond motifs is 2. The van der Waals surface area contributed by atoms with Crippen molar-refractivity contribution in [1.29, 1.82) is 0 Å². The molecule has 0 unspecified atom stereocenters. The summed E-state index contributed by atoms with van der Waals surface area (Å²) in [5.41, 5.74) is 1.88. The maximum atomic E-state index is 13.1. The summed E-state index contributed by atoms with van der Waals surface area (Å²) in [6, 6.07) is 7.98. The molecule has 1 aromatic carbocycles. The number of hydrogen-bond acceptors (Lipinski definition) is 6. The first kappa shape index (κ1) is 20.3. The van der Waals surface area contributed by atoms with E-state index in [1.807, 2.05) is 43.0 Å². The molecule has 8 heteroatoms. The number of para-hydroxylation sites is 1. The number of amides is 1. The summed E-state index contributed by atoms with van der Waals surface area (Å²) in [4.78, 5) is 35.5. The molecule has 3 aromatic rings. The third-order valence-electron chi connectivity index (χ3n) is 4.92. The second-order valence-electron chi connectivity index (χ2n) is 6.71. The number of carbonyl (C=O) groups excluding carboxylic acids is 1. The molecular weight excluding hydrogens is 422 g/mol. The topological polar surface area (TPSA) is 55.2 Å². The largest absolute Gasteiger partial charge is 0.310 e. The van der Waals surface area contributed by atoms with Gasteiger partial charge in [-0.05, 0) is 31.5 Å². The van der Waals surface area contributed by atoms with Crippen LogP contribution in [0, 0.1) is 13.8 Å². The van der Waals surface area contributed by atoms with Crippen LogP contribution in [-0.4, -0.2) is 33.5 Å². The van der Waals surface area contributed by atoms with E-state index in [0.717, 1.165) is 31.6 Å². The van der Waals surface area contributed by atoms with E-state index in [1.54, 1.807) is 22.4 Å². The van der Waals surface area contributed by atoms with Crippen LogP contribution in [0.4, 0.5) is 5.69 Å². The number of aryl methyl sites for hydroxylation is 2. The van der Waals surface area contributed by atoms with Gasteiger partial charge in [-0.2, -0.15) is 0 Å². The summed E-state index contributed by atoms with van der Waals surface area (Å²) in [7, 11) is 0. The summed E-state index contributed by atoms with van der Waals surface area (Å²) in [6.45, 7) is 8.79. The highest BCUT2D eigenvalue weighted by Crippen LogP contribution is 2.35. The molecule has 0 saturated carbocycles. The molecule has 29 heavy (non-hydrogen) atoms. The fourth-order valence-electron chi connectivity index (χ4n) is 3.34. The Balaban J connectivity index is 1.63. The number of thiophene rings is 1. The molecule has 4 rings (SSSR count). The molecule has 0 bridgehead atoms. The molecule has 3 heterocycles. The molecule has 0 spiro atoms. The van der Waals surface area contributed by atoms with Crippen LogP contribution >= 0.6 is 34.9 Å². The quantitative estimate of drug-likeness (QED) is 0.330. The van der Waals surface area contributed by atoms with Crippen LogP contribution in [0.2, 0.25) is 0 Å². The Morgan fingerprint density at radius 1 is 1.34 bits per heavy atom. The normalized spacial score (nSPS) is 13.5. The number of nitrogens with zero attached hydrogens (tertiary/aromatic N) is 3. The number of aromatic nitrogens is 2. The van der Waals surface area contributed by atoms with Gasteiger partial charge in [-0.3, -0.25) is 14.2 Å². The van der Waals surface area contributed by atoms with Gasteiger partial charge in [0.05, 0.1) is 16.8 Å². The molecule has 0 fully saturated rings. The summed E-state index contributed by atoms with van der Waals surface area (Å²) >= 11 is 4.62. The Kier molecular flexibility index (Phi) is 5.85. The minimum absolute atomic E-state index is 0.0285. The average molecular weight is 444 g/mol. The smallest absolute Gasteiger partial charge is 0.263 e. The van der Waals surface area contributed by atoms with Crippen LogP contribution < -0.4 is 10.5 Å². The minimum atomic E-state index is -0.0635. The number of allylic oxidation sites excluding steroid dienone is 1. The fraction of sp³-hybridized carbons (Fsp3) is 0.286. The van der Waals surface area contributed by atoms with Gasteiger partial charge in [-0.15, -0.1) is 29.7 Å². The minimum Gasteiger partial charge on any atom is -0.310 e. The molecular formula is C21H21N3O2S3. The van der Waals surface area contributed by atoms with Gasteiger partial charge < -0.3 is 4.90 Å². The molecule has 1 amide bonds. The number of rotatable bonds is 5. The third-order valence-corrected chi connectivity index (χ3v) is 8.03. The van der Waals surface area contributed by atoms with Crippen molar-refractivity contribution in [2.24, 2.45) is 0 Å². The van der Waals surface area contributed by atoms with Crippen molar-refractivity contribution in [3.63, 3.8) is 0 Å². The number of carbonyl (C=O) groups is 1. The molecule has 0 radical (unpaired) electrons. The third kappa shape index (κ3) is 3.76. The maximum absolute atomic E-state index is 13.1. The molecule has 0 N–H and O–H groups in total. The number of anilines is 1. The molecule has 2 aromatic heterocycles. The lowest BCUT2D eigenvalue weighted by molar-refractivity contribution is -0.116. The second-order valence-corrected chi connectivity index (χ2v) is 9.99. The van der Waals surface area contributed by atoms with Crippen molar-refractivity contribution in [3.05, 3.63) is 57.7 Å². The molecule has 1 aliphatic rings. The molecule has 0 saturated heterocycles. The highest BCUT2D eigenvalue weighted by Gasteiger charge is 2.24. The Hall–Kier alpha value is -2.03. The van der Waals surface area contributed by atoms with Gasteiger partial charge in [0.1, 0.15) is 4.83 Å². The first-order valence-corrected chi connectivity index (χ1v) is 12.1. The summed E-state index contributed by atoms with van der Waals surface area (Å²) < 4.78 is 1.62. The molecule has 1 aliphatic heterocycles. The summed E-state index contributed by atoms with van der Waals surface area (Å²) in [5, 5.41) is 1.24. The Morgan fingerprint density at radius 3 is 2.93 bits per heavy atom. The fourth-order valence-corrected chi connectivity index (χ4v) is 6.29. The van der Waals surface area contributed by atoms with Crippen molar-refractivity contribution in [1.82, 2.24) is 9.55 Å². The second kappa shape index (κ2) is 8.38. The van der Waals surface area contributed by atoms with Crippen molar-refractivity contribution in [3.8, 4) is 0 Å². The lowest BCUT2D eigenvalue weighted by atomic mass is 10.2. The predicted octanol–water partition coefficient (Wildman–Crippen LogP) is 4.49. The SMILES string of the molecule is C=CCn1c(SCC(=O)N2CCSc3ccccc32)nc2sc(C)c(C)c2c1=O. The van der Waals surface area contributed by atoms with Gasteiger partial charge in [-0.25, -0.2) is 4.98 Å². The van der Waals surface area contributed by atoms with Crippen molar-refractivity contribution in [2.45, 2.75) is 30.4 Å². The van der Waals surface area contributed by atoms with E-state index in [0.29, 0.717) is 23.6 Å². The highest BCUT2D eigenvalue weighted by molar-refractivity contribution is 8.00. The van der Waals surface area contributed by atoms with Crippen LogP contribution in [-0.2, 0) is 11.3 Å². The van der Waals surface area contributed by atoms with E-state index in [9.17, 15) is 9.59 Å². The van der Waals surface area contributed by atoms with Gasteiger partial charge >= 0.3 is 0 Å². The summed E-state index contributed by atoms with van der Waals surface area (Å²) in [5.74, 6) is 1.14. The first-order valence-electron chi connectivity index (χ1n) is 9.27. The lowest BCUT2D eigenvalue weighted by Gasteiger charge is -2.28. The van der Waals surface area contributed by atoms with Crippen LogP contribution in [0.15, 0.2) is 51.8 Å². The summed E-state index contributed by atoms with van der Waals surface area (Å²) in [6.07, 6.45) is 1.69. The maximum Gasteiger partial charge on any atom is 0.263 e. The van der Waals surface area contributed by atoms with Crippen LogP contribution in [0.1, 0.15) is 10.4 Å². The number of hydrogen-bond donors (Lipinski definition) is 0. The Labute approximate surface area is 181 Å². The number of thioether (sulfide) groups is 2. The zero-order valence-corrected chi connectivity index (χ0v) is 18.8. The standard InChI is InChI=1S/C21H21N3O2S3/c1-4-9-24-20(26)18-13(2)14(3)29-19(18)22-21(24)28-12-17(25)23-10-11-27-16-8-6-5-7-15(16)23/h4-8H,1,9-12H2,2-3H3.